The van der Waals surface area contributed by atoms with Crippen molar-refractivity contribution in [3.63, 3.8) is 0 Å². The van der Waals surface area contributed by atoms with Crippen LogP contribution in [0.3, 0.4) is 0 Å². The van der Waals surface area contributed by atoms with E-state index in [1.54, 1.807) is 0 Å². The highest BCUT2D eigenvalue weighted by molar-refractivity contribution is 14.1. The van der Waals surface area contributed by atoms with E-state index in [4.69, 9.17) is 5.73 Å². The van der Waals surface area contributed by atoms with Gasteiger partial charge in [-0.1, -0.05) is 38.5 Å². The summed E-state index contributed by atoms with van der Waals surface area (Å²) >= 11 is 2.25. The second-order valence-electron chi connectivity index (χ2n) is 3.92. The van der Waals surface area contributed by atoms with Gasteiger partial charge >= 0.3 is 0 Å². The summed E-state index contributed by atoms with van der Waals surface area (Å²) < 4.78 is 1.12. The number of rotatable bonds is 4. The molecule has 3 N–H and O–H groups in total. The molecule has 16 heavy (non-hydrogen) atoms. The molecule has 0 saturated heterocycles. The maximum atomic E-state index is 10.0. The van der Waals surface area contributed by atoms with Crippen molar-refractivity contribution < 1.29 is 5.11 Å². The van der Waals surface area contributed by atoms with E-state index in [2.05, 4.69) is 29.5 Å². The number of hydrogen-bond donors (Lipinski definition) is 2. The fourth-order valence-electron chi connectivity index (χ4n) is 1.52. The van der Waals surface area contributed by atoms with Gasteiger partial charge in [-0.05, 0) is 40.1 Å². The van der Waals surface area contributed by atoms with Crippen LogP contribution >= 0.6 is 35.0 Å². The Morgan fingerprint density at radius 3 is 2.44 bits per heavy atom. The fourth-order valence-corrected chi connectivity index (χ4v) is 2.27. The molecule has 0 saturated carbocycles. The molecule has 3 atom stereocenters. The minimum atomic E-state index is -0.467. The number of benzene rings is 1. The van der Waals surface area contributed by atoms with E-state index in [9.17, 15) is 5.11 Å². The predicted octanol–water partition coefficient (Wildman–Crippen LogP) is 3.12. The third-order valence-electron chi connectivity index (χ3n) is 2.86. The first kappa shape index (κ1) is 16.2. The standard InChI is InChI=1S/C12H18INO.ClH/c1-3-8(2)12(15)11(14)9-6-4-5-7-10(9)13;/h4-8,11-12,15H,3,14H2,1-2H3;1H/t8?,11-,12+;/m1./s1. The second-order valence-corrected chi connectivity index (χ2v) is 5.09. The molecule has 0 heterocycles. The number of halogens is 2. The molecular weight excluding hydrogens is 336 g/mol. The normalized spacial score (nSPS) is 16.1. The fraction of sp³-hybridized carbons (Fsp3) is 0.500. The van der Waals surface area contributed by atoms with Gasteiger partial charge in [-0.25, -0.2) is 0 Å². The molecule has 0 aliphatic carbocycles. The average Bonchev–Trinajstić information content (AvgIpc) is 2.26. The lowest BCUT2D eigenvalue weighted by Gasteiger charge is -2.24. The summed E-state index contributed by atoms with van der Waals surface area (Å²) in [5.41, 5.74) is 7.09. The van der Waals surface area contributed by atoms with Crippen LogP contribution in [0.15, 0.2) is 24.3 Å². The second kappa shape index (κ2) is 7.48. The van der Waals surface area contributed by atoms with Crippen LogP contribution < -0.4 is 5.73 Å². The molecular formula is C12H19ClINO. The van der Waals surface area contributed by atoms with Crippen molar-refractivity contribution in [2.75, 3.05) is 0 Å². The molecule has 0 aliphatic heterocycles. The van der Waals surface area contributed by atoms with E-state index in [1.165, 1.54) is 0 Å². The number of aliphatic hydroxyl groups excluding tert-OH is 1. The number of hydrogen-bond acceptors (Lipinski definition) is 2. The van der Waals surface area contributed by atoms with Crippen LogP contribution in [0, 0.1) is 9.49 Å². The van der Waals surface area contributed by atoms with Gasteiger partial charge in [-0.15, -0.1) is 12.4 Å². The van der Waals surface area contributed by atoms with E-state index in [0.29, 0.717) is 0 Å². The van der Waals surface area contributed by atoms with Crippen LogP contribution in [0.5, 0.6) is 0 Å². The van der Waals surface area contributed by atoms with Crippen molar-refractivity contribution in [2.45, 2.75) is 32.4 Å². The Balaban J connectivity index is 0.00000225. The Morgan fingerprint density at radius 2 is 1.94 bits per heavy atom. The van der Waals surface area contributed by atoms with Crippen molar-refractivity contribution in [1.29, 1.82) is 0 Å². The molecule has 0 fully saturated rings. The van der Waals surface area contributed by atoms with Gasteiger partial charge < -0.3 is 10.8 Å². The predicted molar refractivity (Wildman–Crippen MR) is 78.8 cm³/mol. The summed E-state index contributed by atoms with van der Waals surface area (Å²) in [4.78, 5) is 0. The van der Waals surface area contributed by atoms with Crippen LogP contribution in [0.25, 0.3) is 0 Å². The summed E-state index contributed by atoms with van der Waals surface area (Å²) in [7, 11) is 0. The zero-order valence-electron chi connectivity index (χ0n) is 9.56. The van der Waals surface area contributed by atoms with Crippen molar-refractivity contribution in [3.8, 4) is 0 Å². The highest BCUT2D eigenvalue weighted by atomic mass is 127. The minimum Gasteiger partial charge on any atom is -0.391 e. The van der Waals surface area contributed by atoms with Crippen molar-refractivity contribution in [1.82, 2.24) is 0 Å². The summed E-state index contributed by atoms with van der Waals surface area (Å²) in [5, 5.41) is 10.0. The molecule has 1 unspecified atom stereocenters. The van der Waals surface area contributed by atoms with Crippen molar-refractivity contribution in [2.24, 2.45) is 11.7 Å². The Morgan fingerprint density at radius 1 is 1.38 bits per heavy atom. The molecule has 0 radical (unpaired) electrons. The lowest BCUT2D eigenvalue weighted by Crippen LogP contribution is -2.32. The largest absolute Gasteiger partial charge is 0.391 e. The van der Waals surface area contributed by atoms with Gasteiger partial charge in [0.2, 0.25) is 0 Å². The van der Waals surface area contributed by atoms with E-state index in [-0.39, 0.29) is 24.4 Å². The maximum absolute atomic E-state index is 10.0. The molecule has 1 rings (SSSR count). The zero-order chi connectivity index (χ0) is 11.4. The van der Waals surface area contributed by atoms with E-state index in [0.717, 1.165) is 15.6 Å². The molecule has 0 spiro atoms. The topological polar surface area (TPSA) is 46.2 Å². The van der Waals surface area contributed by atoms with Crippen molar-refractivity contribution in [3.05, 3.63) is 33.4 Å². The smallest absolute Gasteiger partial charge is 0.0758 e. The lowest BCUT2D eigenvalue weighted by molar-refractivity contribution is 0.0877. The van der Waals surface area contributed by atoms with Gasteiger partial charge in [0, 0.05) is 3.57 Å². The summed E-state index contributed by atoms with van der Waals surface area (Å²) in [6.45, 7) is 4.09. The first-order chi connectivity index (χ1) is 7.07. The number of nitrogens with two attached hydrogens (primary N) is 1. The SMILES string of the molecule is CCC(C)[C@H](O)[C@H](N)c1ccccc1I.Cl. The minimum absolute atomic E-state index is 0. The Kier molecular flexibility index (Phi) is 7.55. The van der Waals surface area contributed by atoms with Gasteiger partial charge in [0.15, 0.2) is 0 Å². The van der Waals surface area contributed by atoms with Crippen LogP contribution in [-0.4, -0.2) is 11.2 Å². The lowest BCUT2D eigenvalue weighted by atomic mass is 9.92. The van der Waals surface area contributed by atoms with E-state index in [1.807, 2.05) is 31.2 Å². The van der Waals surface area contributed by atoms with Crippen LogP contribution in [0.2, 0.25) is 0 Å². The quantitative estimate of drug-likeness (QED) is 0.815. The molecule has 0 aromatic heterocycles. The number of aliphatic hydroxyl groups is 1. The van der Waals surface area contributed by atoms with E-state index < -0.39 is 6.10 Å². The Labute approximate surface area is 117 Å². The molecule has 0 aliphatic rings. The van der Waals surface area contributed by atoms with Gasteiger partial charge in [-0.3, -0.25) is 0 Å². The van der Waals surface area contributed by atoms with E-state index >= 15 is 0 Å². The van der Waals surface area contributed by atoms with Crippen LogP contribution in [-0.2, 0) is 0 Å². The summed E-state index contributed by atoms with van der Waals surface area (Å²) in [5.74, 6) is 0.232. The van der Waals surface area contributed by atoms with Gasteiger partial charge in [0.1, 0.15) is 0 Å². The highest BCUT2D eigenvalue weighted by Crippen LogP contribution is 2.25. The first-order valence-corrected chi connectivity index (χ1v) is 6.33. The molecule has 92 valence electrons. The molecule has 2 nitrogen and oxygen atoms in total. The van der Waals surface area contributed by atoms with Gasteiger partial charge in [0.05, 0.1) is 12.1 Å². The molecule has 0 amide bonds. The first-order valence-electron chi connectivity index (χ1n) is 5.26. The molecule has 1 aromatic rings. The average molecular weight is 356 g/mol. The van der Waals surface area contributed by atoms with Crippen molar-refractivity contribution >= 4 is 35.0 Å². The monoisotopic (exact) mass is 355 g/mol. The molecule has 1 aromatic carbocycles. The van der Waals surface area contributed by atoms with Crippen LogP contribution in [0.4, 0.5) is 0 Å². The summed E-state index contributed by atoms with van der Waals surface area (Å²) in [6, 6.07) is 7.65. The molecule has 4 heteroatoms. The van der Waals surface area contributed by atoms with Gasteiger partial charge in [-0.2, -0.15) is 0 Å². The highest BCUT2D eigenvalue weighted by Gasteiger charge is 2.22. The Hall–Kier alpha value is 0.160. The third-order valence-corrected chi connectivity index (χ3v) is 3.84. The maximum Gasteiger partial charge on any atom is 0.0758 e. The Bertz CT molecular complexity index is 322. The summed E-state index contributed by atoms with van der Waals surface area (Å²) in [6.07, 6.45) is 0.476. The zero-order valence-corrected chi connectivity index (χ0v) is 12.5. The van der Waals surface area contributed by atoms with Gasteiger partial charge in [0.25, 0.3) is 0 Å². The van der Waals surface area contributed by atoms with Crippen LogP contribution in [0.1, 0.15) is 31.9 Å². The third kappa shape index (κ3) is 3.87. The molecule has 0 bridgehead atoms.